The maximum absolute atomic E-state index is 11.7. The summed E-state index contributed by atoms with van der Waals surface area (Å²) in [6.45, 7) is 6.10. The molecule has 0 saturated heterocycles. The molecule has 1 amide bonds. The van der Waals surface area contributed by atoms with Crippen molar-refractivity contribution in [1.82, 2.24) is 0 Å². The molecule has 0 atom stereocenters. The lowest BCUT2D eigenvalue weighted by Gasteiger charge is -2.09. The topological polar surface area (TPSA) is 38.3 Å². The van der Waals surface area contributed by atoms with Gasteiger partial charge < -0.3 is 10.1 Å². The highest BCUT2D eigenvalue weighted by molar-refractivity contribution is 6.02. The van der Waals surface area contributed by atoms with Crippen molar-refractivity contribution in [2.24, 2.45) is 0 Å². The molecule has 0 aliphatic rings. The first-order valence-corrected chi connectivity index (χ1v) is 5.34. The molecule has 0 bridgehead atoms. The smallest absolute Gasteiger partial charge is 0.290 e. The molecule has 0 aromatic heterocycles. The number of ether oxygens (including phenoxy) is 1. The summed E-state index contributed by atoms with van der Waals surface area (Å²) in [6, 6.07) is 7.65. The second kappa shape index (κ2) is 5.95. The summed E-state index contributed by atoms with van der Waals surface area (Å²) < 4.78 is 5.20. The van der Waals surface area contributed by atoms with E-state index in [1.807, 2.05) is 38.1 Å². The second-order valence-corrected chi connectivity index (χ2v) is 3.41. The maximum atomic E-state index is 11.7. The van der Waals surface area contributed by atoms with Crippen LogP contribution in [0.4, 0.5) is 5.69 Å². The molecule has 0 saturated carbocycles. The lowest BCUT2D eigenvalue weighted by molar-refractivity contribution is -0.116. The van der Waals surface area contributed by atoms with Crippen LogP contribution in [0.15, 0.2) is 36.1 Å². The summed E-state index contributed by atoms with van der Waals surface area (Å²) in [6.07, 6.45) is 1.66. The Morgan fingerprint density at radius 2 is 2.25 bits per heavy atom. The quantitative estimate of drug-likeness (QED) is 0.624. The highest BCUT2D eigenvalue weighted by Gasteiger charge is 2.09. The van der Waals surface area contributed by atoms with E-state index in [9.17, 15) is 4.79 Å². The molecule has 1 rings (SSSR count). The number of nitrogens with one attached hydrogen (secondary N) is 1. The van der Waals surface area contributed by atoms with Gasteiger partial charge in [-0.25, -0.2) is 0 Å². The fraction of sp³-hybridized carbons (Fsp3) is 0.308. The van der Waals surface area contributed by atoms with E-state index in [2.05, 4.69) is 5.32 Å². The van der Waals surface area contributed by atoms with E-state index in [-0.39, 0.29) is 5.91 Å². The number of benzene rings is 1. The highest BCUT2D eigenvalue weighted by atomic mass is 16.5. The number of carbonyl (C=O) groups excluding carboxylic acids is 1. The van der Waals surface area contributed by atoms with Crippen LogP contribution in [0.2, 0.25) is 0 Å². The van der Waals surface area contributed by atoms with Crippen molar-refractivity contribution in [3.8, 4) is 0 Å². The summed E-state index contributed by atoms with van der Waals surface area (Å²) in [5.41, 5.74) is 1.89. The van der Waals surface area contributed by atoms with E-state index in [0.29, 0.717) is 12.4 Å². The molecule has 16 heavy (non-hydrogen) atoms. The number of aryl methyl sites for hydroxylation is 1. The van der Waals surface area contributed by atoms with Gasteiger partial charge in [-0.3, -0.25) is 4.79 Å². The number of allylic oxidation sites excluding steroid dienone is 1. The van der Waals surface area contributed by atoms with E-state index < -0.39 is 0 Å². The van der Waals surface area contributed by atoms with Gasteiger partial charge in [-0.15, -0.1) is 0 Å². The SMILES string of the molecule is C/C=C(\OCC)C(=O)Nc1cccc(C)c1. The van der Waals surface area contributed by atoms with Gasteiger partial charge in [0.15, 0.2) is 5.76 Å². The largest absolute Gasteiger partial charge is 0.488 e. The third-order valence-electron chi connectivity index (χ3n) is 2.06. The Kier molecular flexibility index (Phi) is 4.58. The number of hydrogen-bond acceptors (Lipinski definition) is 2. The molecule has 1 aromatic carbocycles. The standard InChI is InChI=1S/C13H17NO2/c1-4-12(16-5-2)13(15)14-11-8-6-7-10(3)9-11/h4,6-9H,5H2,1-3H3,(H,14,15)/b12-4-. The Bertz CT molecular complexity index is 397. The van der Waals surface area contributed by atoms with E-state index in [0.717, 1.165) is 11.3 Å². The minimum atomic E-state index is -0.213. The van der Waals surface area contributed by atoms with E-state index >= 15 is 0 Å². The molecule has 0 fully saturated rings. The monoisotopic (exact) mass is 219 g/mol. The van der Waals surface area contributed by atoms with Crippen molar-refractivity contribution in [3.63, 3.8) is 0 Å². The van der Waals surface area contributed by atoms with Crippen molar-refractivity contribution in [1.29, 1.82) is 0 Å². The van der Waals surface area contributed by atoms with E-state index in [1.165, 1.54) is 0 Å². The molecule has 1 aromatic rings. The van der Waals surface area contributed by atoms with Crippen LogP contribution < -0.4 is 5.32 Å². The summed E-state index contributed by atoms with van der Waals surface area (Å²) in [5, 5.41) is 2.79. The Hall–Kier alpha value is -1.77. The van der Waals surface area contributed by atoms with Crippen molar-refractivity contribution in [2.75, 3.05) is 11.9 Å². The molecule has 0 spiro atoms. The molecule has 0 radical (unpaired) electrons. The highest BCUT2D eigenvalue weighted by Crippen LogP contribution is 2.11. The van der Waals surface area contributed by atoms with Crippen LogP contribution >= 0.6 is 0 Å². The van der Waals surface area contributed by atoms with Crippen LogP contribution in [0.5, 0.6) is 0 Å². The zero-order chi connectivity index (χ0) is 12.0. The van der Waals surface area contributed by atoms with Crippen LogP contribution in [-0.2, 0) is 9.53 Å². The van der Waals surface area contributed by atoms with Crippen LogP contribution in [0.1, 0.15) is 19.4 Å². The first-order valence-electron chi connectivity index (χ1n) is 5.34. The number of hydrogen-bond donors (Lipinski definition) is 1. The van der Waals surface area contributed by atoms with Gasteiger partial charge in [0, 0.05) is 5.69 Å². The summed E-state index contributed by atoms with van der Waals surface area (Å²) in [7, 11) is 0. The summed E-state index contributed by atoms with van der Waals surface area (Å²) in [4.78, 5) is 11.7. The minimum Gasteiger partial charge on any atom is -0.488 e. The van der Waals surface area contributed by atoms with Gasteiger partial charge in [0.2, 0.25) is 0 Å². The van der Waals surface area contributed by atoms with E-state index in [1.54, 1.807) is 13.0 Å². The first-order chi connectivity index (χ1) is 7.67. The fourth-order valence-electron chi connectivity index (χ4n) is 1.35. The van der Waals surface area contributed by atoms with Gasteiger partial charge in [0.05, 0.1) is 6.61 Å². The summed E-state index contributed by atoms with van der Waals surface area (Å²) >= 11 is 0. The van der Waals surface area contributed by atoms with Gasteiger partial charge in [-0.1, -0.05) is 12.1 Å². The van der Waals surface area contributed by atoms with Crippen LogP contribution in [0, 0.1) is 6.92 Å². The van der Waals surface area contributed by atoms with Crippen molar-refractivity contribution < 1.29 is 9.53 Å². The number of carbonyl (C=O) groups is 1. The van der Waals surface area contributed by atoms with Crippen molar-refractivity contribution in [3.05, 3.63) is 41.7 Å². The Balaban J connectivity index is 2.70. The predicted molar refractivity (Wildman–Crippen MR) is 65.2 cm³/mol. The number of rotatable bonds is 4. The molecule has 0 heterocycles. The van der Waals surface area contributed by atoms with Crippen LogP contribution in [0.25, 0.3) is 0 Å². The maximum Gasteiger partial charge on any atom is 0.290 e. The normalized spacial score (nSPS) is 11.1. The third-order valence-corrected chi connectivity index (χ3v) is 2.06. The molecule has 0 aliphatic carbocycles. The van der Waals surface area contributed by atoms with Gasteiger partial charge in [0.25, 0.3) is 5.91 Å². The molecular formula is C13H17NO2. The molecule has 1 N–H and O–H groups in total. The Labute approximate surface area is 96.1 Å². The fourth-order valence-corrected chi connectivity index (χ4v) is 1.35. The van der Waals surface area contributed by atoms with Crippen molar-refractivity contribution >= 4 is 11.6 Å². The molecule has 3 heteroatoms. The van der Waals surface area contributed by atoms with Gasteiger partial charge in [0.1, 0.15) is 0 Å². The average Bonchev–Trinajstić information content (AvgIpc) is 2.25. The van der Waals surface area contributed by atoms with Gasteiger partial charge in [-0.05, 0) is 44.5 Å². The third kappa shape index (κ3) is 3.42. The van der Waals surface area contributed by atoms with Gasteiger partial charge >= 0.3 is 0 Å². The van der Waals surface area contributed by atoms with Crippen LogP contribution in [0.3, 0.4) is 0 Å². The summed E-state index contributed by atoms with van der Waals surface area (Å²) in [5.74, 6) is 0.138. The molecule has 0 aliphatic heterocycles. The molecule has 3 nitrogen and oxygen atoms in total. The minimum absolute atomic E-state index is 0.213. The zero-order valence-electron chi connectivity index (χ0n) is 9.91. The Morgan fingerprint density at radius 1 is 1.50 bits per heavy atom. The molecular weight excluding hydrogens is 202 g/mol. The Morgan fingerprint density at radius 3 is 2.81 bits per heavy atom. The lowest BCUT2D eigenvalue weighted by Crippen LogP contribution is -2.16. The van der Waals surface area contributed by atoms with E-state index in [4.69, 9.17) is 4.74 Å². The molecule has 0 unspecified atom stereocenters. The second-order valence-electron chi connectivity index (χ2n) is 3.41. The number of amides is 1. The number of anilines is 1. The first kappa shape index (κ1) is 12.3. The van der Waals surface area contributed by atoms with Gasteiger partial charge in [-0.2, -0.15) is 0 Å². The van der Waals surface area contributed by atoms with Crippen molar-refractivity contribution in [2.45, 2.75) is 20.8 Å². The van der Waals surface area contributed by atoms with Crippen LogP contribution in [-0.4, -0.2) is 12.5 Å². The lowest BCUT2D eigenvalue weighted by atomic mass is 10.2. The zero-order valence-corrected chi connectivity index (χ0v) is 9.91. The molecule has 86 valence electrons. The average molecular weight is 219 g/mol. The predicted octanol–water partition coefficient (Wildman–Crippen LogP) is 2.87.